The number of phenols is 1. The standard InChI is InChI=1S/C6H6O7S2.2Na/c7-5-2-1-4(14(8,9)10)3-6(5)15(11,12)13;;/h1-3,7H,(H,8,9,10)(H,11,12,13);;/q;2*+1/p-2. The fourth-order valence-electron chi connectivity index (χ4n) is 0.850. The number of phenolic OH excluding ortho intramolecular Hbond substituents is 1. The van der Waals surface area contributed by atoms with Crippen molar-refractivity contribution in [2.45, 2.75) is 9.79 Å². The molecule has 84 valence electrons. The predicted molar refractivity (Wildman–Crippen MR) is 44.0 cm³/mol. The topological polar surface area (TPSA) is 135 Å². The zero-order valence-corrected chi connectivity index (χ0v) is 14.6. The van der Waals surface area contributed by atoms with Gasteiger partial charge in [-0.2, -0.15) is 0 Å². The second-order valence-corrected chi connectivity index (χ2v) is 5.27. The van der Waals surface area contributed by atoms with E-state index in [1.807, 2.05) is 0 Å². The molecule has 1 rings (SSSR count). The van der Waals surface area contributed by atoms with E-state index in [0.717, 1.165) is 0 Å². The average molecular weight is 298 g/mol. The first-order chi connectivity index (χ1) is 6.62. The molecule has 0 heterocycles. The Labute approximate surface area is 142 Å². The van der Waals surface area contributed by atoms with E-state index in [1.165, 1.54) is 0 Å². The van der Waals surface area contributed by atoms with Gasteiger partial charge in [0, 0.05) is 0 Å². The van der Waals surface area contributed by atoms with Crippen LogP contribution in [-0.2, 0) is 20.2 Å². The van der Waals surface area contributed by atoms with Crippen molar-refractivity contribution in [2.75, 3.05) is 0 Å². The second kappa shape index (κ2) is 6.85. The van der Waals surface area contributed by atoms with Crippen LogP contribution in [0.4, 0.5) is 0 Å². The van der Waals surface area contributed by atoms with Crippen LogP contribution in [0.5, 0.6) is 5.75 Å². The molecule has 0 fully saturated rings. The summed E-state index contributed by atoms with van der Waals surface area (Å²) in [7, 11) is -9.89. The van der Waals surface area contributed by atoms with Gasteiger partial charge in [0.15, 0.2) is 0 Å². The molecule has 1 aromatic carbocycles. The van der Waals surface area contributed by atoms with E-state index in [4.69, 9.17) is 5.11 Å². The summed E-state index contributed by atoms with van der Waals surface area (Å²) in [5, 5.41) is 8.96. The average Bonchev–Trinajstić information content (AvgIpc) is 2.00. The molecule has 0 radical (unpaired) electrons. The third kappa shape index (κ3) is 5.55. The molecule has 0 saturated carbocycles. The van der Waals surface area contributed by atoms with Gasteiger partial charge in [-0.05, 0) is 18.2 Å². The molecule has 0 amide bonds. The minimum absolute atomic E-state index is 0. The van der Waals surface area contributed by atoms with E-state index in [1.54, 1.807) is 0 Å². The van der Waals surface area contributed by atoms with E-state index in [-0.39, 0.29) is 59.1 Å². The first kappa shape index (κ1) is 20.2. The first-order valence-electron chi connectivity index (χ1n) is 3.37. The SMILES string of the molecule is O=S(=O)([O-])c1ccc(O)c(S(=O)(=O)[O-])c1.[Na+].[Na+]. The fraction of sp³-hybridized carbons (Fsp3) is 0. The zero-order chi connectivity index (χ0) is 11.9. The van der Waals surface area contributed by atoms with Crippen LogP contribution in [0.15, 0.2) is 28.0 Å². The van der Waals surface area contributed by atoms with Gasteiger partial charge >= 0.3 is 59.1 Å². The van der Waals surface area contributed by atoms with E-state index >= 15 is 0 Å². The van der Waals surface area contributed by atoms with Crippen LogP contribution in [-0.4, -0.2) is 31.0 Å². The van der Waals surface area contributed by atoms with Crippen LogP contribution in [0.3, 0.4) is 0 Å². The molecular formula is C6H4Na2O7S2. The molecule has 0 aliphatic rings. The maximum Gasteiger partial charge on any atom is 1.00 e. The van der Waals surface area contributed by atoms with Gasteiger partial charge in [0.05, 0.1) is 9.79 Å². The van der Waals surface area contributed by atoms with Gasteiger partial charge in [-0.3, -0.25) is 0 Å². The van der Waals surface area contributed by atoms with Gasteiger partial charge in [0.25, 0.3) is 0 Å². The Bertz CT molecular complexity index is 593. The Morgan fingerprint density at radius 3 is 1.76 bits per heavy atom. The van der Waals surface area contributed by atoms with Crippen LogP contribution in [0.1, 0.15) is 0 Å². The van der Waals surface area contributed by atoms with E-state index < -0.39 is 35.8 Å². The normalized spacial score (nSPS) is 11.2. The number of hydrogen-bond acceptors (Lipinski definition) is 7. The zero-order valence-electron chi connectivity index (χ0n) is 8.95. The van der Waals surface area contributed by atoms with Crippen molar-refractivity contribution in [3.8, 4) is 5.75 Å². The number of rotatable bonds is 2. The summed E-state index contributed by atoms with van der Waals surface area (Å²) in [6, 6.07) is 1.67. The summed E-state index contributed by atoms with van der Waals surface area (Å²) < 4.78 is 63.0. The predicted octanol–water partition coefficient (Wildman–Crippen LogP) is -6.79. The molecule has 0 aliphatic carbocycles. The summed E-state index contributed by atoms with van der Waals surface area (Å²) in [4.78, 5) is -2.03. The minimum Gasteiger partial charge on any atom is -0.744 e. The van der Waals surface area contributed by atoms with Crippen LogP contribution >= 0.6 is 0 Å². The van der Waals surface area contributed by atoms with E-state index in [9.17, 15) is 25.9 Å². The van der Waals surface area contributed by atoms with Gasteiger partial charge in [0.2, 0.25) is 0 Å². The van der Waals surface area contributed by atoms with Gasteiger partial charge < -0.3 is 14.2 Å². The Hall–Kier alpha value is 0.840. The molecule has 1 aromatic rings. The Morgan fingerprint density at radius 1 is 0.941 bits per heavy atom. The van der Waals surface area contributed by atoms with Crippen molar-refractivity contribution in [2.24, 2.45) is 0 Å². The summed E-state index contributed by atoms with van der Waals surface area (Å²) >= 11 is 0. The van der Waals surface area contributed by atoms with E-state index in [0.29, 0.717) is 18.2 Å². The largest absolute Gasteiger partial charge is 1.00 e. The van der Waals surface area contributed by atoms with Crippen molar-refractivity contribution < 1.29 is 90.2 Å². The fourth-order valence-corrected chi connectivity index (χ4v) is 2.02. The maximum atomic E-state index is 10.5. The summed E-state index contributed by atoms with van der Waals surface area (Å²) in [6.45, 7) is 0. The van der Waals surface area contributed by atoms with Crippen LogP contribution in [0.2, 0.25) is 0 Å². The first-order valence-corrected chi connectivity index (χ1v) is 6.19. The summed E-state index contributed by atoms with van der Waals surface area (Å²) in [5.74, 6) is -0.905. The number of benzene rings is 1. The van der Waals surface area contributed by atoms with Crippen LogP contribution in [0, 0.1) is 0 Å². The van der Waals surface area contributed by atoms with Crippen molar-refractivity contribution >= 4 is 20.2 Å². The Morgan fingerprint density at radius 2 is 1.41 bits per heavy atom. The molecule has 0 saturated heterocycles. The molecule has 11 heteroatoms. The number of hydrogen-bond donors (Lipinski definition) is 1. The van der Waals surface area contributed by atoms with E-state index in [2.05, 4.69) is 0 Å². The van der Waals surface area contributed by atoms with Gasteiger partial charge in [-0.25, -0.2) is 16.8 Å². The van der Waals surface area contributed by atoms with Crippen molar-refractivity contribution in [1.29, 1.82) is 0 Å². The molecule has 0 atom stereocenters. The molecule has 0 spiro atoms. The molecular weight excluding hydrogens is 294 g/mol. The summed E-state index contributed by atoms with van der Waals surface area (Å²) in [6.07, 6.45) is 0. The van der Waals surface area contributed by atoms with Crippen LogP contribution in [0.25, 0.3) is 0 Å². The minimum atomic E-state index is -5.02. The summed E-state index contributed by atoms with van der Waals surface area (Å²) in [5.41, 5.74) is 0. The third-order valence-electron chi connectivity index (χ3n) is 1.49. The van der Waals surface area contributed by atoms with Crippen molar-refractivity contribution in [1.82, 2.24) is 0 Å². The third-order valence-corrected chi connectivity index (χ3v) is 3.19. The molecule has 1 N–H and O–H groups in total. The molecule has 17 heavy (non-hydrogen) atoms. The van der Waals surface area contributed by atoms with Crippen molar-refractivity contribution in [3.63, 3.8) is 0 Å². The number of aromatic hydroxyl groups is 1. The Balaban J connectivity index is 0. The molecule has 0 aliphatic heterocycles. The molecule has 0 unspecified atom stereocenters. The second-order valence-electron chi connectivity index (χ2n) is 2.54. The molecule has 7 nitrogen and oxygen atoms in total. The quantitative estimate of drug-likeness (QED) is 0.423. The smallest absolute Gasteiger partial charge is 0.744 e. The van der Waals surface area contributed by atoms with Crippen molar-refractivity contribution in [3.05, 3.63) is 18.2 Å². The monoisotopic (exact) mass is 298 g/mol. The van der Waals surface area contributed by atoms with Gasteiger partial charge in [-0.15, -0.1) is 0 Å². The van der Waals surface area contributed by atoms with Gasteiger partial charge in [-0.1, -0.05) is 0 Å². The van der Waals surface area contributed by atoms with Crippen LogP contribution < -0.4 is 59.1 Å². The van der Waals surface area contributed by atoms with Gasteiger partial charge in [0.1, 0.15) is 26.0 Å². The molecule has 0 bridgehead atoms. The molecule has 0 aromatic heterocycles. The maximum absolute atomic E-state index is 10.5. The Kier molecular flexibility index (Phi) is 8.12.